The van der Waals surface area contributed by atoms with E-state index in [1.165, 1.54) is 42.7 Å². The zero-order valence-corrected chi connectivity index (χ0v) is 22.5. The Balaban J connectivity index is 1.11. The zero-order valence-electron chi connectivity index (χ0n) is 21.7. The Morgan fingerprint density at radius 2 is 1.88 bits per heavy atom. The lowest BCUT2D eigenvalue weighted by Gasteiger charge is -2.38. The molecule has 2 aliphatic heterocycles. The maximum absolute atomic E-state index is 14.6. The first kappa shape index (κ1) is 25.4. The molecule has 2 saturated heterocycles. The number of piperidine rings is 1. The summed E-state index contributed by atoms with van der Waals surface area (Å²) < 4.78 is 47.5. The molecule has 40 heavy (non-hydrogen) atoms. The number of hydrogen-bond acceptors (Lipinski definition) is 8. The summed E-state index contributed by atoms with van der Waals surface area (Å²) in [7, 11) is 1.52. The van der Waals surface area contributed by atoms with Gasteiger partial charge in [-0.05, 0) is 62.8 Å². The van der Waals surface area contributed by atoms with E-state index in [4.69, 9.17) is 19.0 Å². The number of rotatable bonds is 8. The number of nitrogens with zero attached hydrogens (tertiary/aromatic N) is 3. The fourth-order valence-electron chi connectivity index (χ4n) is 6.20. The van der Waals surface area contributed by atoms with Gasteiger partial charge in [-0.15, -0.1) is 0 Å². The molecule has 0 radical (unpaired) electrons. The van der Waals surface area contributed by atoms with Crippen LogP contribution < -0.4 is 9.64 Å². The third kappa shape index (κ3) is 4.32. The first-order valence-corrected chi connectivity index (χ1v) is 14.3. The lowest BCUT2D eigenvalue weighted by molar-refractivity contribution is 0.0147. The average Bonchev–Trinajstić information content (AvgIpc) is 3.46. The van der Waals surface area contributed by atoms with E-state index in [-0.39, 0.29) is 47.5 Å². The highest BCUT2D eigenvalue weighted by molar-refractivity contribution is 7.22. The van der Waals surface area contributed by atoms with Crippen LogP contribution in [0.1, 0.15) is 66.1 Å². The predicted octanol–water partition coefficient (Wildman–Crippen LogP) is 6.53. The van der Waals surface area contributed by atoms with Crippen LogP contribution in [-0.2, 0) is 11.3 Å². The van der Waals surface area contributed by atoms with Crippen LogP contribution in [0.25, 0.3) is 21.5 Å². The van der Waals surface area contributed by atoms with Gasteiger partial charge in [-0.1, -0.05) is 22.6 Å². The van der Waals surface area contributed by atoms with Gasteiger partial charge in [0.25, 0.3) is 0 Å². The van der Waals surface area contributed by atoms with Gasteiger partial charge < -0.3 is 24.0 Å². The van der Waals surface area contributed by atoms with Gasteiger partial charge in [0.2, 0.25) is 0 Å². The fraction of sp³-hybridized carbons (Fsp3) is 0.414. The minimum absolute atomic E-state index is 0.0310. The van der Waals surface area contributed by atoms with E-state index < -0.39 is 17.6 Å². The predicted molar refractivity (Wildman–Crippen MR) is 144 cm³/mol. The molecule has 8 nitrogen and oxygen atoms in total. The third-order valence-electron chi connectivity index (χ3n) is 8.26. The molecule has 4 aromatic rings. The average molecular weight is 568 g/mol. The molecule has 0 amide bonds. The van der Waals surface area contributed by atoms with Crippen molar-refractivity contribution in [3.8, 4) is 17.0 Å². The molecule has 1 aliphatic carbocycles. The van der Waals surface area contributed by atoms with Crippen molar-refractivity contribution in [3.63, 3.8) is 0 Å². The Labute approximate surface area is 232 Å². The van der Waals surface area contributed by atoms with Crippen molar-refractivity contribution < 1.29 is 32.7 Å². The number of halogens is 2. The summed E-state index contributed by atoms with van der Waals surface area (Å²) >= 11 is 1.48. The number of aromatic nitrogens is 2. The van der Waals surface area contributed by atoms with Crippen molar-refractivity contribution in [2.45, 2.75) is 69.2 Å². The van der Waals surface area contributed by atoms with Crippen molar-refractivity contribution in [1.29, 1.82) is 0 Å². The molecule has 3 fully saturated rings. The first-order valence-electron chi connectivity index (χ1n) is 13.5. The number of benzene rings is 2. The number of carboxylic acid groups (broad SMARTS) is 1. The quantitative estimate of drug-likeness (QED) is 0.257. The van der Waals surface area contributed by atoms with Crippen LogP contribution in [0.5, 0.6) is 5.75 Å². The van der Waals surface area contributed by atoms with Gasteiger partial charge in [-0.2, -0.15) is 0 Å². The number of anilines is 1. The van der Waals surface area contributed by atoms with Crippen LogP contribution >= 0.6 is 11.3 Å². The highest BCUT2D eigenvalue weighted by Crippen LogP contribution is 2.47. The van der Waals surface area contributed by atoms with Crippen LogP contribution in [0.15, 0.2) is 34.9 Å². The van der Waals surface area contributed by atoms with Crippen LogP contribution in [0, 0.1) is 11.6 Å². The Bertz CT molecular complexity index is 1580. The second-order valence-corrected chi connectivity index (χ2v) is 11.8. The van der Waals surface area contributed by atoms with E-state index in [0.717, 1.165) is 48.4 Å². The second kappa shape index (κ2) is 9.81. The molecule has 2 aromatic heterocycles. The number of hydrogen-bond donors (Lipinski definition) is 1. The molecular weight excluding hydrogens is 540 g/mol. The topological polar surface area (TPSA) is 97.9 Å². The molecule has 3 atom stereocenters. The molecule has 4 heterocycles. The lowest BCUT2D eigenvalue weighted by atomic mass is 10.00. The lowest BCUT2D eigenvalue weighted by Crippen LogP contribution is -2.45. The number of carbonyl (C=O) groups is 1. The summed E-state index contributed by atoms with van der Waals surface area (Å²) in [5.74, 6) is -1.03. The molecule has 2 bridgehead atoms. The van der Waals surface area contributed by atoms with Gasteiger partial charge in [0.05, 0.1) is 35.6 Å². The van der Waals surface area contributed by atoms with Crippen molar-refractivity contribution in [3.05, 3.63) is 58.9 Å². The number of thiazole rings is 1. The molecule has 1 N–H and O–H groups in total. The summed E-state index contributed by atoms with van der Waals surface area (Å²) in [6, 6.07) is 7.38. The number of methoxy groups -OCH3 is 1. The first-order chi connectivity index (χ1) is 19.4. The van der Waals surface area contributed by atoms with E-state index in [2.05, 4.69) is 10.1 Å². The Kier molecular flexibility index (Phi) is 6.23. The van der Waals surface area contributed by atoms with Crippen LogP contribution in [0.2, 0.25) is 0 Å². The third-order valence-corrected chi connectivity index (χ3v) is 9.27. The highest BCUT2D eigenvalue weighted by atomic mass is 32.1. The van der Waals surface area contributed by atoms with E-state index in [1.54, 1.807) is 6.07 Å². The van der Waals surface area contributed by atoms with Gasteiger partial charge in [0.15, 0.2) is 5.13 Å². The molecular formula is C29H27F2N3O5S. The number of fused-ring (bicyclic) bond motifs is 3. The Morgan fingerprint density at radius 3 is 2.52 bits per heavy atom. The molecule has 208 valence electrons. The van der Waals surface area contributed by atoms with Crippen molar-refractivity contribution >= 4 is 32.7 Å². The minimum atomic E-state index is -1.01. The summed E-state index contributed by atoms with van der Waals surface area (Å²) in [6.07, 6.45) is 5.48. The molecule has 7 rings (SSSR count). The van der Waals surface area contributed by atoms with Crippen molar-refractivity contribution in [2.75, 3.05) is 12.0 Å². The minimum Gasteiger partial charge on any atom is -0.494 e. The van der Waals surface area contributed by atoms with Crippen molar-refractivity contribution in [2.24, 2.45) is 0 Å². The Hall–Kier alpha value is -3.57. The zero-order chi connectivity index (χ0) is 27.5. The molecule has 11 heteroatoms. The largest absolute Gasteiger partial charge is 0.494 e. The van der Waals surface area contributed by atoms with Gasteiger partial charge in [0.1, 0.15) is 34.4 Å². The molecule has 3 aliphatic rings. The maximum atomic E-state index is 14.6. The standard InChI is InChI=1S/C29H27F2N3O5S/c1-37-22-9-15(28(35)36)10-23-26(22)32-29(40-23)34-16-7-8-17(34)12-18(11-16)38-13-19-25(33-39-27(19)14-5-6-14)24-20(30)3-2-4-21(24)31/h2-4,9-10,14,16-18H,5-8,11-13H2,1H3,(H,35,36)/t16-,17?,18?/m0/s1. The van der Waals surface area contributed by atoms with Gasteiger partial charge >= 0.3 is 5.97 Å². The number of aromatic carboxylic acids is 1. The van der Waals surface area contributed by atoms with Crippen LogP contribution in [-0.4, -0.2) is 46.5 Å². The second-order valence-electron chi connectivity index (χ2n) is 10.8. The van der Waals surface area contributed by atoms with Gasteiger partial charge in [0, 0.05) is 23.6 Å². The van der Waals surface area contributed by atoms with E-state index in [0.29, 0.717) is 22.6 Å². The Morgan fingerprint density at radius 1 is 1.15 bits per heavy atom. The SMILES string of the molecule is COc1cc(C(=O)O)cc2sc(N3C4CC[C@H]3CC(OCc3c(-c5c(F)cccc5F)noc3C3CC3)C4)nc12. The molecule has 2 unspecified atom stereocenters. The summed E-state index contributed by atoms with van der Waals surface area (Å²) in [5, 5.41) is 14.4. The summed E-state index contributed by atoms with van der Waals surface area (Å²) in [5.41, 5.74) is 1.47. The monoisotopic (exact) mass is 567 g/mol. The number of carboxylic acids is 1. The smallest absolute Gasteiger partial charge is 0.335 e. The summed E-state index contributed by atoms with van der Waals surface area (Å²) in [4.78, 5) is 18.8. The normalized spacial score (nSPS) is 22.3. The van der Waals surface area contributed by atoms with Gasteiger partial charge in [-0.3, -0.25) is 0 Å². The highest BCUT2D eigenvalue weighted by Gasteiger charge is 2.43. The fourth-order valence-corrected chi connectivity index (χ4v) is 7.37. The maximum Gasteiger partial charge on any atom is 0.335 e. The van der Waals surface area contributed by atoms with Gasteiger partial charge in [-0.25, -0.2) is 18.6 Å². The summed E-state index contributed by atoms with van der Waals surface area (Å²) in [6.45, 7) is 0.179. The number of ether oxygens (including phenoxy) is 2. The molecule has 1 saturated carbocycles. The van der Waals surface area contributed by atoms with Crippen LogP contribution in [0.4, 0.5) is 13.9 Å². The van der Waals surface area contributed by atoms with Crippen molar-refractivity contribution in [1.82, 2.24) is 10.1 Å². The van der Waals surface area contributed by atoms with E-state index in [9.17, 15) is 18.7 Å². The molecule has 2 aromatic carbocycles. The van der Waals surface area contributed by atoms with E-state index in [1.807, 2.05) is 0 Å². The van der Waals surface area contributed by atoms with E-state index >= 15 is 0 Å². The van der Waals surface area contributed by atoms with Crippen LogP contribution in [0.3, 0.4) is 0 Å². The molecule has 0 spiro atoms.